The van der Waals surface area contributed by atoms with Crippen LogP contribution in [0.25, 0.3) is 0 Å². The van der Waals surface area contributed by atoms with E-state index >= 15 is 0 Å². The quantitative estimate of drug-likeness (QED) is 0.434. The number of aromatic hydroxyl groups is 1. The Labute approximate surface area is 177 Å². The number of benzene rings is 1. The molecule has 0 amide bonds. The highest BCUT2D eigenvalue weighted by atomic mass is 32.2. The number of rotatable bonds is 9. The fourth-order valence-corrected chi connectivity index (χ4v) is 4.14. The first-order chi connectivity index (χ1) is 12.8. The fourth-order valence-electron chi connectivity index (χ4n) is 3.32. The van der Waals surface area contributed by atoms with Crippen LogP contribution >= 0.6 is 11.8 Å². The summed E-state index contributed by atoms with van der Waals surface area (Å²) in [4.78, 5) is 12.3. The van der Waals surface area contributed by atoms with Crippen molar-refractivity contribution in [1.82, 2.24) is 0 Å². The Morgan fingerprint density at radius 1 is 0.964 bits per heavy atom. The lowest BCUT2D eigenvalue weighted by Gasteiger charge is -2.28. The zero-order valence-corrected chi connectivity index (χ0v) is 20.3. The standard InChI is InChI=1S/C25H42O2S/c1-18(2)12-10-9-11-15-28-22(26)14-13-19-16-20(24(3,4)5)23(27)21(17-19)25(6,7)8/h16-18,27H,9-15H2,1-8H3. The Kier molecular flexibility index (Phi) is 9.59. The molecule has 2 nitrogen and oxygen atoms in total. The minimum Gasteiger partial charge on any atom is -0.507 e. The molecule has 1 rings (SSSR count). The highest BCUT2D eigenvalue weighted by Crippen LogP contribution is 2.40. The molecule has 0 fully saturated rings. The summed E-state index contributed by atoms with van der Waals surface area (Å²) in [6.45, 7) is 17.3. The molecular weight excluding hydrogens is 364 g/mol. The largest absolute Gasteiger partial charge is 0.507 e. The van der Waals surface area contributed by atoms with E-state index in [1.165, 1.54) is 31.0 Å². The van der Waals surface area contributed by atoms with Crippen molar-refractivity contribution in [2.24, 2.45) is 5.92 Å². The summed E-state index contributed by atoms with van der Waals surface area (Å²) in [5.74, 6) is 2.12. The molecule has 0 atom stereocenters. The van der Waals surface area contributed by atoms with Gasteiger partial charge < -0.3 is 5.11 Å². The van der Waals surface area contributed by atoms with Crippen molar-refractivity contribution < 1.29 is 9.90 Å². The molecule has 0 aliphatic carbocycles. The van der Waals surface area contributed by atoms with Crippen LogP contribution < -0.4 is 0 Å². The van der Waals surface area contributed by atoms with Crippen LogP contribution in [0.15, 0.2) is 12.1 Å². The van der Waals surface area contributed by atoms with E-state index in [1.807, 2.05) is 0 Å². The van der Waals surface area contributed by atoms with Gasteiger partial charge in [0.2, 0.25) is 0 Å². The van der Waals surface area contributed by atoms with Crippen molar-refractivity contribution in [2.45, 2.75) is 105 Å². The number of carbonyl (C=O) groups excluding carboxylic acids is 1. The van der Waals surface area contributed by atoms with Crippen LogP contribution in [-0.2, 0) is 22.0 Å². The van der Waals surface area contributed by atoms with Gasteiger partial charge in [0.05, 0.1) is 0 Å². The van der Waals surface area contributed by atoms with Gasteiger partial charge in [-0.05, 0) is 46.3 Å². The molecule has 0 aromatic heterocycles. The lowest BCUT2D eigenvalue weighted by atomic mass is 9.78. The van der Waals surface area contributed by atoms with Gasteiger partial charge in [-0.25, -0.2) is 0 Å². The Morgan fingerprint density at radius 3 is 1.96 bits per heavy atom. The van der Waals surface area contributed by atoms with Crippen molar-refractivity contribution >= 4 is 16.9 Å². The molecule has 0 saturated carbocycles. The van der Waals surface area contributed by atoms with Gasteiger partial charge in [-0.1, -0.05) is 98.5 Å². The van der Waals surface area contributed by atoms with Gasteiger partial charge >= 0.3 is 0 Å². The van der Waals surface area contributed by atoms with Crippen LogP contribution in [0.2, 0.25) is 0 Å². The highest BCUT2D eigenvalue weighted by molar-refractivity contribution is 8.13. The number of hydrogen-bond acceptors (Lipinski definition) is 3. The van der Waals surface area contributed by atoms with Gasteiger partial charge in [-0.2, -0.15) is 0 Å². The first-order valence-electron chi connectivity index (χ1n) is 10.8. The molecule has 1 aromatic rings. The average Bonchev–Trinajstić information content (AvgIpc) is 2.54. The maximum Gasteiger partial charge on any atom is 0.189 e. The number of phenols is 1. The molecule has 0 spiro atoms. The lowest BCUT2D eigenvalue weighted by molar-refractivity contribution is -0.110. The second-order valence-corrected chi connectivity index (χ2v) is 11.7. The second-order valence-electron chi connectivity index (χ2n) is 10.5. The SMILES string of the molecule is CC(C)CCCCCSC(=O)CCc1cc(C(C)(C)C)c(O)c(C(C)(C)C)c1. The predicted molar refractivity (Wildman–Crippen MR) is 125 cm³/mol. The lowest BCUT2D eigenvalue weighted by Crippen LogP contribution is -2.18. The van der Waals surface area contributed by atoms with Crippen molar-refractivity contribution in [3.8, 4) is 5.75 Å². The Hall–Kier alpha value is -0.960. The molecule has 0 aliphatic rings. The van der Waals surface area contributed by atoms with E-state index < -0.39 is 0 Å². The number of thioether (sulfide) groups is 1. The number of carbonyl (C=O) groups is 1. The van der Waals surface area contributed by atoms with Crippen LogP contribution in [0, 0.1) is 5.92 Å². The third kappa shape index (κ3) is 8.59. The highest BCUT2D eigenvalue weighted by Gasteiger charge is 2.26. The molecule has 160 valence electrons. The van der Waals surface area contributed by atoms with E-state index in [9.17, 15) is 9.90 Å². The first kappa shape index (κ1) is 25.1. The number of aryl methyl sites for hydroxylation is 1. The number of unbranched alkanes of at least 4 members (excludes halogenated alkanes) is 2. The van der Waals surface area contributed by atoms with Gasteiger partial charge in [0.25, 0.3) is 0 Å². The Bertz CT molecular complexity index is 598. The molecule has 0 unspecified atom stereocenters. The molecular formula is C25H42O2S. The zero-order valence-electron chi connectivity index (χ0n) is 19.4. The van der Waals surface area contributed by atoms with Crippen LogP contribution in [0.3, 0.4) is 0 Å². The molecule has 28 heavy (non-hydrogen) atoms. The monoisotopic (exact) mass is 406 g/mol. The molecule has 0 bridgehead atoms. The van der Waals surface area contributed by atoms with Crippen LogP contribution in [0.4, 0.5) is 0 Å². The normalized spacial score (nSPS) is 12.6. The summed E-state index contributed by atoms with van der Waals surface area (Å²) in [5.41, 5.74) is 2.84. The molecule has 0 heterocycles. The van der Waals surface area contributed by atoms with Gasteiger partial charge in [0, 0.05) is 12.2 Å². The Morgan fingerprint density at radius 2 is 1.50 bits per heavy atom. The van der Waals surface area contributed by atoms with Gasteiger partial charge in [0.15, 0.2) is 5.12 Å². The summed E-state index contributed by atoms with van der Waals surface area (Å²) in [7, 11) is 0. The van der Waals surface area contributed by atoms with Crippen molar-refractivity contribution in [1.29, 1.82) is 0 Å². The summed E-state index contributed by atoms with van der Waals surface area (Å²) >= 11 is 1.49. The smallest absolute Gasteiger partial charge is 0.189 e. The molecule has 0 radical (unpaired) electrons. The summed E-state index contributed by atoms with van der Waals surface area (Å²) in [6.07, 6.45) is 6.21. The first-order valence-corrected chi connectivity index (χ1v) is 11.8. The fraction of sp³-hybridized carbons (Fsp3) is 0.720. The zero-order chi connectivity index (χ0) is 21.5. The van der Waals surface area contributed by atoms with Crippen molar-refractivity contribution in [3.05, 3.63) is 28.8 Å². The van der Waals surface area contributed by atoms with Crippen LogP contribution in [0.5, 0.6) is 5.75 Å². The van der Waals surface area contributed by atoms with Gasteiger partial charge in [-0.15, -0.1) is 0 Å². The van der Waals surface area contributed by atoms with Gasteiger partial charge in [-0.3, -0.25) is 4.79 Å². The average molecular weight is 407 g/mol. The third-order valence-electron chi connectivity index (χ3n) is 5.09. The molecule has 1 aromatic carbocycles. The Balaban J connectivity index is 2.67. The van der Waals surface area contributed by atoms with Crippen LogP contribution in [-0.4, -0.2) is 16.0 Å². The molecule has 1 N–H and O–H groups in total. The minimum absolute atomic E-state index is 0.130. The minimum atomic E-state index is -0.130. The van der Waals surface area contributed by atoms with E-state index in [4.69, 9.17) is 0 Å². The second kappa shape index (κ2) is 10.7. The van der Waals surface area contributed by atoms with Crippen molar-refractivity contribution in [3.63, 3.8) is 0 Å². The van der Waals surface area contributed by atoms with E-state index in [0.717, 1.165) is 41.2 Å². The van der Waals surface area contributed by atoms with E-state index in [-0.39, 0.29) is 15.9 Å². The maximum absolute atomic E-state index is 12.3. The molecule has 0 aliphatic heterocycles. The molecule has 3 heteroatoms. The van der Waals surface area contributed by atoms with E-state index in [1.54, 1.807) is 0 Å². The van der Waals surface area contributed by atoms with Crippen LogP contribution in [0.1, 0.15) is 104 Å². The topological polar surface area (TPSA) is 37.3 Å². The third-order valence-corrected chi connectivity index (χ3v) is 6.11. The number of phenolic OH excluding ortho intramolecular Hbond substituents is 1. The summed E-state index contributed by atoms with van der Waals surface area (Å²) in [5, 5.41) is 11.1. The van der Waals surface area contributed by atoms with E-state index in [2.05, 4.69) is 67.5 Å². The van der Waals surface area contributed by atoms with Crippen molar-refractivity contribution in [2.75, 3.05) is 5.75 Å². The molecule has 0 saturated heterocycles. The maximum atomic E-state index is 12.3. The summed E-state index contributed by atoms with van der Waals surface area (Å²) in [6, 6.07) is 4.18. The predicted octanol–water partition coefficient (Wildman–Crippen LogP) is 7.40. The van der Waals surface area contributed by atoms with E-state index in [0.29, 0.717) is 12.2 Å². The summed E-state index contributed by atoms with van der Waals surface area (Å²) < 4.78 is 0. The number of hydrogen-bond donors (Lipinski definition) is 1. The van der Waals surface area contributed by atoms with Gasteiger partial charge in [0.1, 0.15) is 5.75 Å².